The number of aliphatic hydroxyl groups is 1. The Morgan fingerprint density at radius 3 is 2.39 bits per heavy atom. The van der Waals surface area contributed by atoms with Crippen molar-refractivity contribution in [3.05, 3.63) is 70.3 Å². The number of ether oxygens (including phenoxy) is 1. The van der Waals surface area contributed by atoms with Crippen molar-refractivity contribution in [2.75, 3.05) is 7.05 Å². The van der Waals surface area contributed by atoms with Crippen LogP contribution in [-0.2, 0) is 4.79 Å². The van der Waals surface area contributed by atoms with Gasteiger partial charge in [0.2, 0.25) is 0 Å². The van der Waals surface area contributed by atoms with Crippen molar-refractivity contribution in [3.63, 3.8) is 0 Å². The van der Waals surface area contributed by atoms with Crippen molar-refractivity contribution < 1.29 is 19.6 Å². The van der Waals surface area contributed by atoms with Gasteiger partial charge in [-0.2, -0.15) is 0 Å². The molecule has 2 unspecified atom stereocenters. The summed E-state index contributed by atoms with van der Waals surface area (Å²) >= 11 is 0. The fourth-order valence-electron chi connectivity index (χ4n) is 2.09. The van der Waals surface area contributed by atoms with Gasteiger partial charge >= 0.3 is 5.69 Å². The number of carbonyl (C=O) groups excluding carboxylic acids is 1. The van der Waals surface area contributed by atoms with Gasteiger partial charge in [-0.05, 0) is 11.6 Å². The molecule has 0 spiro atoms. The first kappa shape index (κ1) is 16.4. The first-order valence-electron chi connectivity index (χ1n) is 6.89. The Morgan fingerprint density at radius 1 is 1.17 bits per heavy atom. The van der Waals surface area contributed by atoms with Crippen LogP contribution in [0, 0.1) is 10.1 Å². The number of hydrogen-bond acceptors (Lipinski definition) is 5. The van der Waals surface area contributed by atoms with Crippen LogP contribution in [0.15, 0.2) is 54.6 Å². The predicted molar refractivity (Wildman–Crippen MR) is 83.0 cm³/mol. The largest absolute Gasteiger partial charge is 0.475 e. The van der Waals surface area contributed by atoms with Crippen molar-refractivity contribution in [1.29, 1.82) is 0 Å². The summed E-state index contributed by atoms with van der Waals surface area (Å²) in [6.45, 7) is 0. The van der Waals surface area contributed by atoms with E-state index in [1.807, 2.05) is 0 Å². The summed E-state index contributed by atoms with van der Waals surface area (Å²) in [7, 11) is 1.39. The molecule has 2 N–H and O–H groups in total. The lowest BCUT2D eigenvalue weighted by Gasteiger charge is -2.23. The first-order valence-corrected chi connectivity index (χ1v) is 6.89. The van der Waals surface area contributed by atoms with Gasteiger partial charge in [0.15, 0.2) is 18.0 Å². The molecule has 7 heteroatoms. The van der Waals surface area contributed by atoms with E-state index in [2.05, 4.69) is 5.32 Å². The average Bonchev–Trinajstić information content (AvgIpc) is 2.59. The summed E-state index contributed by atoms with van der Waals surface area (Å²) in [5, 5.41) is 23.6. The summed E-state index contributed by atoms with van der Waals surface area (Å²) in [5.41, 5.74) is 0.291. The third-order valence-electron chi connectivity index (χ3n) is 3.25. The van der Waals surface area contributed by atoms with E-state index in [0.29, 0.717) is 5.56 Å². The highest BCUT2D eigenvalue weighted by atomic mass is 16.6. The maximum atomic E-state index is 11.8. The number of nitro groups is 1. The Balaban J connectivity index is 2.40. The minimum atomic E-state index is -1.51. The predicted octanol–water partition coefficient (Wildman–Crippen LogP) is 1.82. The molecule has 7 nitrogen and oxygen atoms in total. The van der Waals surface area contributed by atoms with Gasteiger partial charge in [-0.15, -0.1) is 0 Å². The van der Waals surface area contributed by atoms with E-state index >= 15 is 0 Å². The number of nitrogens with one attached hydrogen (secondary N) is 1. The molecule has 0 radical (unpaired) electrons. The molecule has 0 aromatic heterocycles. The van der Waals surface area contributed by atoms with Gasteiger partial charge in [-0.25, -0.2) is 0 Å². The van der Waals surface area contributed by atoms with Crippen molar-refractivity contribution >= 4 is 11.6 Å². The van der Waals surface area contributed by atoms with Gasteiger partial charge in [0.25, 0.3) is 5.91 Å². The standard InChI is InChI=1S/C16H16N2O5/c1-17-16(20)14(19)15(11-7-3-2-4-8-11)23-13-10-6-5-9-12(13)18(21)22/h2-10,14-15,19H,1H3,(H,17,20). The topological polar surface area (TPSA) is 102 Å². The van der Waals surface area contributed by atoms with E-state index in [9.17, 15) is 20.0 Å². The molecule has 1 amide bonds. The molecule has 0 aliphatic heterocycles. The van der Waals surface area contributed by atoms with Gasteiger partial charge in [-0.3, -0.25) is 14.9 Å². The third kappa shape index (κ3) is 3.83. The lowest BCUT2D eigenvalue weighted by molar-refractivity contribution is -0.386. The second kappa shape index (κ2) is 7.37. The SMILES string of the molecule is CNC(=O)C(O)C(Oc1ccccc1[N+](=O)[O-])c1ccccc1. The molecule has 0 fully saturated rings. The smallest absolute Gasteiger partial charge is 0.310 e. The fourth-order valence-corrected chi connectivity index (χ4v) is 2.09. The summed E-state index contributed by atoms with van der Waals surface area (Å²) in [5.74, 6) is -0.660. The molecule has 0 saturated heterocycles. The monoisotopic (exact) mass is 316 g/mol. The van der Waals surface area contributed by atoms with E-state index < -0.39 is 23.0 Å². The summed E-state index contributed by atoms with van der Waals surface area (Å²) < 4.78 is 5.63. The normalized spacial score (nSPS) is 13.0. The van der Waals surface area contributed by atoms with Crippen LogP contribution in [0.1, 0.15) is 11.7 Å². The Hall–Kier alpha value is -2.93. The Morgan fingerprint density at radius 2 is 1.78 bits per heavy atom. The zero-order chi connectivity index (χ0) is 16.8. The fraction of sp³-hybridized carbons (Fsp3) is 0.188. The highest BCUT2D eigenvalue weighted by molar-refractivity contribution is 5.81. The van der Waals surface area contributed by atoms with E-state index in [-0.39, 0.29) is 11.4 Å². The first-order chi connectivity index (χ1) is 11.0. The minimum absolute atomic E-state index is 0.0192. The van der Waals surface area contributed by atoms with Gasteiger partial charge < -0.3 is 15.2 Å². The molecule has 2 atom stereocenters. The van der Waals surface area contributed by atoms with Crippen LogP contribution >= 0.6 is 0 Å². The highest BCUT2D eigenvalue weighted by Crippen LogP contribution is 2.32. The molecule has 0 bridgehead atoms. The summed E-state index contributed by atoms with van der Waals surface area (Å²) in [6.07, 6.45) is -2.58. The number of nitro benzene ring substituents is 1. The summed E-state index contributed by atoms with van der Waals surface area (Å²) in [4.78, 5) is 22.3. The lowest BCUT2D eigenvalue weighted by atomic mass is 10.0. The molecule has 2 aromatic rings. The lowest BCUT2D eigenvalue weighted by Crippen LogP contribution is -2.38. The zero-order valence-electron chi connectivity index (χ0n) is 12.4. The molecule has 0 aliphatic carbocycles. The van der Waals surface area contributed by atoms with Gasteiger partial charge in [-0.1, -0.05) is 42.5 Å². The summed E-state index contributed by atoms with van der Waals surface area (Å²) in [6, 6.07) is 14.4. The molecule has 23 heavy (non-hydrogen) atoms. The van der Waals surface area contributed by atoms with E-state index in [0.717, 1.165) is 0 Å². The van der Waals surface area contributed by atoms with E-state index in [4.69, 9.17) is 4.74 Å². The second-order valence-corrected chi connectivity index (χ2v) is 4.73. The van der Waals surface area contributed by atoms with Crippen LogP contribution in [0.4, 0.5) is 5.69 Å². The molecule has 0 heterocycles. The van der Waals surface area contributed by atoms with Crippen molar-refractivity contribution in [3.8, 4) is 5.75 Å². The van der Waals surface area contributed by atoms with E-state index in [1.54, 1.807) is 36.4 Å². The number of benzene rings is 2. The van der Waals surface area contributed by atoms with Crippen LogP contribution in [0.25, 0.3) is 0 Å². The minimum Gasteiger partial charge on any atom is -0.475 e. The number of hydrogen-bond donors (Lipinski definition) is 2. The van der Waals surface area contributed by atoms with Gasteiger partial charge in [0.1, 0.15) is 0 Å². The molecular formula is C16H16N2O5. The van der Waals surface area contributed by atoms with Gasteiger partial charge in [0, 0.05) is 13.1 Å². The maximum absolute atomic E-state index is 11.8. The van der Waals surface area contributed by atoms with Crippen LogP contribution in [0.2, 0.25) is 0 Å². The van der Waals surface area contributed by atoms with Gasteiger partial charge in [0.05, 0.1) is 4.92 Å². The highest BCUT2D eigenvalue weighted by Gasteiger charge is 2.30. The molecule has 0 aliphatic rings. The van der Waals surface area contributed by atoms with Crippen LogP contribution in [0.5, 0.6) is 5.75 Å². The number of nitrogens with zero attached hydrogens (tertiary/aromatic N) is 1. The van der Waals surface area contributed by atoms with Crippen LogP contribution in [-0.4, -0.2) is 29.1 Å². The van der Waals surface area contributed by atoms with Crippen molar-refractivity contribution in [2.45, 2.75) is 12.2 Å². The molecule has 2 rings (SSSR count). The van der Waals surface area contributed by atoms with E-state index in [1.165, 1.54) is 25.2 Å². The second-order valence-electron chi connectivity index (χ2n) is 4.73. The Bertz CT molecular complexity index is 690. The number of likely N-dealkylation sites (N-methyl/N-ethyl adjacent to an activating group) is 1. The Kier molecular flexibility index (Phi) is 5.27. The molecular weight excluding hydrogens is 300 g/mol. The quantitative estimate of drug-likeness (QED) is 0.625. The van der Waals surface area contributed by atoms with Crippen LogP contribution < -0.4 is 10.1 Å². The zero-order valence-corrected chi connectivity index (χ0v) is 12.4. The Labute approximate surface area is 132 Å². The molecule has 0 saturated carbocycles. The average molecular weight is 316 g/mol. The number of aliphatic hydroxyl groups excluding tert-OH is 1. The number of amides is 1. The number of carbonyl (C=O) groups is 1. The maximum Gasteiger partial charge on any atom is 0.310 e. The van der Waals surface area contributed by atoms with Crippen molar-refractivity contribution in [1.82, 2.24) is 5.32 Å². The number of para-hydroxylation sites is 2. The molecule has 2 aromatic carbocycles. The number of rotatable bonds is 6. The molecule has 120 valence electrons. The third-order valence-corrected chi connectivity index (χ3v) is 3.25. The van der Waals surface area contributed by atoms with Crippen molar-refractivity contribution in [2.24, 2.45) is 0 Å². The van der Waals surface area contributed by atoms with Crippen LogP contribution in [0.3, 0.4) is 0 Å².